The normalized spacial score (nSPS) is 11.2. The second-order valence-electron chi connectivity index (χ2n) is 4.42. The van der Waals surface area contributed by atoms with E-state index >= 15 is 0 Å². The van der Waals surface area contributed by atoms with Crippen LogP contribution < -0.4 is 0 Å². The summed E-state index contributed by atoms with van der Waals surface area (Å²) in [5.41, 5.74) is 4.72. The molecule has 0 spiro atoms. The summed E-state index contributed by atoms with van der Waals surface area (Å²) in [5, 5.41) is 0. The summed E-state index contributed by atoms with van der Waals surface area (Å²) in [6, 6.07) is 8.64. The van der Waals surface area contributed by atoms with E-state index in [4.69, 9.17) is 0 Å². The average Bonchev–Trinajstić information content (AvgIpc) is 2.83. The maximum atomic E-state index is 4.50. The Labute approximate surface area is 105 Å². The van der Waals surface area contributed by atoms with Crippen LogP contribution in [0.2, 0.25) is 0 Å². The molecule has 0 bridgehead atoms. The van der Waals surface area contributed by atoms with Crippen LogP contribution >= 0.6 is 11.3 Å². The molecule has 3 aromatic rings. The molecule has 0 unspecified atom stereocenters. The van der Waals surface area contributed by atoms with Gasteiger partial charge in [0.2, 0.25) is 0 Å². The summed E-state index contributed by atoms with van der Waals surface area (Å²) < 4.78 is 2.22. The molecule has 0 aliphatic carbocycles. The monoisotopic (exact) mass is 242 g/mol. The number of aryl methyl sites for hydroxylation is 3. The van der Waals surface area contributed by atoms with E-state index in [9.17, 15) is 0 Å². The zero-order valence-corrected chi connectivity index (χ0v) is 11.0. The number of hydrogen-bond acceptors (Lipinski definition) is 2. The van der Waals surface area contributed by atoms with Crippen LogP contribution in [0.1, 0.15) is 16.1 Å². The molecule has 2 nitrogen and oxygen atoms in total. The topological polar surface area (TPSA) is 17.3 Å². The number of imidazole rings is 1. The maximum Gasteiger partial charge on any atom is 0.137 e. The van der Waals surface area contributed by atoms with E-state index in [1.807, 2.05) is 17.5 Å². The van der Waals surface area contributed by atoms with Crippen LogP contribution in [0.15, 0.2) is 30.5 Å². The molecular weight excluding hydrogens is 228 g/mol. The largest absolute Gasteiger partial charge is 0.296 e. The van der Waals surface area contributed by atoms with Gasteiger partial charge in [0.1, 0.15) is 5.65 Å². The maximum absolute atomic E-state index is 4.50. The van der Waals surface area contributed by atoms with Crippen LogP contribution in [0.25, 0.3) is 16.2 Å². The summed E-state index contributed by atoms with van der Waals surface area (Å²) in [6.45, 7) is 6.37. The molecule has 0 aliphatic rings. The van der Waals surface area contributed by atoms with Gasteiger partial charge in [-0.25, -0.2) is 4.98 Å². The van der Waals surface area contributed by atoms with Crippen LogP contribution in [-0.2, 0) is 0 Å². The van der Waals surface area contributed by atoms with Crippen LogP contribution in [0, 0.1) is 20.8 Å². The van der Waals surface area contributed by atoms with E-state index in [-0.39, 0.29) is 0 Å². The zero-order valence-electron chi connectivity index (χ0n) is 10.2. The molecule has 86 valence electrons. The quantitative estimate of drug-likeness (QED) is 0.630. The summed E-state index contributed by atoms with van der Waals surface area (Å²) in [7, 11) is 0. The Morgan fingerprint density at radius 3 is 2.65 bits per heavy atom. The lowest BCUT2D eigenvalue weighted by Gasteiger charge is -2.05. The van der Waals surface area contributed by atoms with Crippen molar-refractivity contribution in [2.75, 3.05) is 0 Å². The first-order chi connectivity index (χ1) is 8.15. The molecule has 3 aromatic heterocycles. The van der Waals surface area contributed by atoms with E-state index < -0.39 is 0 Å². The van der Waals surface area contributed by atoms with Crippen molar-refractivity contribution in [3.63, 3.8) is 0 Å². The molecule has 0 amide bonds. The first-order valence-corrected chi connectivity index (χ1v) is 6.48. The van der Waals surface area contributed by atoms with E-state index in [0.29, 0.717) is 0 Å². The lowest BCUT2D eigenvalue weighted by molar-refractivity contribution is 1.09. The molecule has 0 radical (unpaired) electrons. The number of aromatic nitrogens is 2. The van der Waals surface area contributed by atoms with Crippen molar-refractivity contribution in [1.82, 2.24) is 9.38 Å². The molecule has 3 rings (SSSR count). The smallest absolute Gasteiger partial charge is 0.137 e. The fraction of sp³-hybridized carbons (Fsp3) is 0.214. The SMILES string of the molecule is Cc1cc(C)n2c(-c3ccc(C)s3)cnc2c1. The van der Waals surface area contributed by atoms with Gasteiger partial charge in [0, 0.05) is 10.6 Å². The predicted molar refractivity (Wildman–Crippen MR) is 72.7 cm³/mol. The summed E-state index contributed by atoms with van der Waals surface area (Å²) in [4.78, 5) is 7.11. The molecular formula is C14H14N2S. The second kappa shape index (κ2) is 3.70. The first kappa shape index (κ1) is 10.5. The Kier molecular flexibility index (Phi) is 2.30. The minimum Gasteiger partial charge on any atom is -0.296 e. The predicted octanol–water partition coefficient (Wildman–Crippen LogP) is 3.99. The van der Waals surface area contributed by atoms with Gasteiger partial charge in [-0.2, -0.15) is 0 Å². The molecule has 0 aromatic carbocycles. The summed E-state index contributed by atoms with van der Waals surface area (Å²) in [5.74, 6) is 0. The minimum atomic E-state index is 1.03. The summed E-state index contributed by atoms with van der Waals surface area (Å²) >= 11 is 1.81. The molecule has 17 heavy (non-hydrogen) atoms. The molecule has 0 saturated carbocycles. The van der Waals surface area contributed by atoms with Gasteiger partial charge >= 0.3 is 0 Å². The van der Waals surface area contributed by atoms with Gasteiger partial charge in [-0.3, -0.25) is 4.40 Å². The lowest BCUT2D eigenvalue weighted by atomic mass is 10.2. The van der Waals surface area contributed by atoms with Crippen molar-refractivity contribution in [1.29, 1.82) is 0 Å². The van der Waals surface area contributed by atoms with E-state index in [2.05, 4.69) is 54.4 Å². The van der Waals surface area contributed by atoms with Gasteiger partial charge in [-0.15, -0.1) is 11.3 Å². The number of hydrogen-bond donors (Lipinski definition) is 0. The van der Waals surface area contributed by atoms with Gasteiger partial charge in [-0.05, 0) is 50.6 Å². The van der Waals surface area contributed by atoms with Gasteiger partial charge in [-0.1, -0.05) is 0 Å². The number of nitrogens with zero attached hydrogens (tertiary/aromatic N) is 2. The average molecular weight is 242 g/mol. The Balaban J connectivity index is 2.31. The number of fused-ring (bicyclic) bond motifs is 1. The van der Waals surface area contributed by atoms with Crippen molar-refractivity contribution < 1.29 is 0 Å². The zero-order chi connectivity index (χ0) is 12.0. The van der Waals surface area contributed by atoms with E-state index in [0.717, 1.165) is 5.65 Å². The summed E-state index contributed by atoms with van der Waals surface area (Å²) in [6.07, 6.45) is 1.97. The Bertz CT molecular complexity index is 691. The fourth-order valence-electron chi connectivity index (χ4n) is 2.22. The number of pyridine rings is 1. The van der Waals surface area contributed by atoms with Crippen LogP contribution in [0.4, 0.5) is 0 Å². The Morgan fingerprint density at radius 2 is 1.94 bits per heavy atom. The van der Waals surface area contributed by atoms with Crippen LogP contribution in [0.5, 0.6) is 0 Å². The molecule has 3 heterocycles. The molecule has 0 aliphatic heterocycles. The highest BCUT2D eigenvalue weighted by atomic mass is 32.1. The third kappa shape index (κ3) is 1.67. The van der Waals surface area contributed by atoms with Gasteiger partial charge in [0.25, 0.3) is 0 Å². The number of thiophene rings is 1. The van der Waals surface area contributed by atoms with Gasteiger partial charge in [0.15, 0.2) is 0 Å². The molecule has 0 saturated heterocycles. The standard InChI is InChI=1S/C14H14N2S/c1-9-6-10(2)16-12(8-15-14(16)7-9)13-5-4-11(3)17-13/h4-8H,1-3H3. The molecule has 0 atom stereocenters. The Hall–Kier alpha value is -1.61. The van der Waals surface area contributed by atoms with E-state index in [1.165, 1.54) is 26.7 Å². The van der Waals surface area contributed by atoms with Gasteiger partial charge in [0.05, 0.1) is 16.8 Å². The molecule has 0 fully saturated rings. The minimum absolute atomic E-state index is 1.03. The van der Waals surface area contributed by atoms with Crippen molar-refractivity contribution in [2.24, 2.45) is 0 Å². The highest BCUT2D eigenvalue weighted by Gasteiger charge is 2.09. The Morgan fingerprint density at radius 1 is 1.12 bits per heavy atom. The fourth-order valence-corrected chi connectivity index (χ4v) is 3.09. The van der Waals surface area contributed by atoms with Crippen molar-refractivity contribution in [3.05, 3.63) is 46.6 Å². The third-order valence-corrected chi connectivity index (χ3v) is 3.95. The van der Waals surface area contributed by atoms with Crippen molar-refractivity contribution in [3.8, 4) is 10.6 Å². The van der Waals surface area contributed by atoms with Crippen LogP contribution in [0.3, 0.4) is 0 Å². The second-order valence-corrected chi connectivity index (χ2v) is 5.71. The highest BCUT2D eigenvalue weighted by molar-refractivity contribution is 7.15. The number of rotatable bonds is 1. The van der Waals surface area contributed by atoms with Crippen molar-refractivity contribution >= 4 is 17.0 Å². The first-order valence-electron chi connectivity index (χ1n) is 5.66. The molecule has 3 heteroatoms. The van der Waals surface area contributed by atoms with Gasteiger partial charge < -0.3 is 0 Å². The highest BCUT2D eigenvalue weighted by Crippen LogP contribution is 2.29. The third-order valence-electron chi connectivity index (χ3n) is 2.93. The lowest BCUT2D eigenvalue weighted by Crippen LogP contribution is -1.93. The van der Waals surface area contributed by atoms with Crippen molar-refractivity contribution in [2.45, 2.75) is 20.8 Å². The van der Waals surface area contributed by atoms with Crippen LogP contribution in [-0.4, -0.2) is 9.38 Å². The molecule has 0 N–H and O–H groups in total. The van der Waals surface area contributed by atoms with E-state index in [1.54, 1.807) is 0 Å².